The Hall–Kier alpha value is -3.59. The molecule has 5 aromatic rings. The van der Waals surface area contributed by atoms with Gasteiger partial charge in [-0.15, -0.1) is 0 Å². The number of hydrogen-bond donors (Lipinski definition) is 0. The van der Waals surface area contributed by atoms with Crippen LogP contribution in [0.25, 0.3) is 33.7 Å². The largest absolute Gasteiger partial charge is 0.265 e. The van der Waals surface area contributed by atoms with Crippen molar-refractivity contribution in [2.45, 2.75) is 13.8 Å². The molecule has 0 fully saturated rings. The van der Waals surface area contributed by atoms with Gasteiger partial charge >= 0.3 is 0 Å². The summed E-state index contributed by atoms with van der Waals surface area (Å²) in [7, 11) is 1.83. The highest BCUT2D eigenvalue weighted by Crippen LogP contribution is 2.32. The monoisotopic (exact) mass is 381 g/mol. The highest BCUT2D eigenvalue weighted by molar-refractivity contribution is 5.90. The van der Waals surface area contributed by atoms with Crippen molar-refractivity contribution < 1.29 is 8.68 Å². The Morgan fingerprint density at radius 3 is 2.31 bits per heavy atom. The zero-order valence-electron chi connectivity index (χ0n) is 19.5. The molecule has 2 aromatic heterocycles. The topological polar surface area (TPSA) is 13.7 Å². The van der Waals surface area contributed by atoms with Gasteiger partial charge in [0.1, 0.15) is 23.1 Å². The first-order valence-electron chi connectivity index (χ1n) is 11.2. The van der Waals surface area contributed by atoms with Crippen molar-refractivity contribution in [1.82, 2.24) is 9.13 Å². The van der Waals surface area contributed by atoms with Crippen LogP contribution in [-0.2, 0) is 7.05 Å². The van der Waals surface area contributed by atoms with Crippen LogP contribution in [-0.4, -0.2) is 9.13 Å². The van der Waals surface area contributed by atoms with Crippen LogP contribution in [0.3, 0.4) is 0 Å². The minimum absolute atomic E-state index is 0.258. The Bertz CT molecular complexity index is 1410. The Labute approximate surface area is 175 Å². The van der Waals surface area contributed by atoms with E-state index in [1.807, 2.05) is 61.8 Å². The van der Waals surface area contributed by atoms with Gasteiger partial charge in [-0.3, -0.25) is 0 Å². The molecule has 0 saturated carbocycles. The highest BCUT2D eigenvalue weighted by atomic mass is 15.2. The van der Waals surface area contributed by atoms with Gasteiger partial charge in [-0.2, -0.15) is 0 Å². The fourth-order valence-electron chi connectivity index (χ4n) is 4.02. The van der Waals surface area contributed by atoms with E-state index in [4.69, 9.17) is 4.11 Å². The number of rotatable bonds is 3. The maximum atomic E-state index is 8.25. The molecule has 142 valence electrons. The summed E-state index contributed by atoms with van der Waals surface area (Å²) in [6, 6.07) is 28.2. The first kappa shape index (κ1) is 14.4. The smallest absolute Gasteiger partial charge is 0.236 e. The number of fused-ring (bicyclic) bond motifs is 1. The molecule has 29 heavy (non-hydrogen) atoms. The molecular formula is C26H24N3+. The van der Waals surface area contributed by atoms with Crippen LogP contribution >= 0.6 is 0 Å². The summed E-state index contributed by atoms with van der Waals surface area (Å²) in [5.74, 6) is 1.05. The van der Waals surface area contributed by atoms with E-state index in [1.54, 1.807) is 9.13 Å². The van der Waals surface area contributed by atoms with E-state index in [-0.39, 0.29) is 5.82 Å². The predicted molar refractivity (Wildman–Crippen MR) is 119 cm³/mol. The fourth-order valence-corrected chi connectivity index (χ4v) is 4.02. The zero-order chi connectivity index (χ0) is 22.5. The molecule has 3 nitrogen and oxygen atoms in total. The third-order valence-electron chi connectivity index (χ3n) is 5.49. The fraction of sp³-hybridized carbons (Fsp3) is 0.115. The average molecular weight is 382 g/mol. The van der Waals surface area contributed by atoms with E-state index in [1.165, 1.54) is 0 Å². The van der Waals surface area contributed by atoms with Crippen molar-refractivity contribution in [1.29, 1.82) is 0 Å². The van der Waals surface area contributed by atoms with Crippen molar-refractivity contribution >= 4 is 10.9 Å². The third-order valence-corrected chi connectivity index (χ3v) is 5.49. The van der Waals surface area contributed by atoms with Crippen LogP contribution in [0, 0.1) is 13.8 Å². The van der Waals surface area contributed by atoms with Crippen LogP contribution in [0.2, 0.25) is 0 Å². The van der Waals surface area contributed by atoms with E-state index in [0.717, 1.165) is 39.2 Å². The first-order valence-corrected chi connectivity index (χ1v) is 9.70. The molecule has 0 atom stereocenters. The van der Waals surface area contributed by atoms with Gasteiger partial charge in [-0.25, -0.2) is 13.7 Å². The summed E-state index contributed by atoms with van der Waals surface area (Å²) < 4.78 is 30.5. The van der Waals surface area contributed by atoms with E-state index >= 15 is 0 Å². The second-order valence-electron chi connectivity index (χ2n) is 7.32. The summed E-state index contributed by atoms with van der Waals surface area (Å²) in [5.41, 5.74) is 5.12. The van der Waals surface area contributed by atoms with E-state index < -0.39 is 6.85 Å². The molecule has 5 rings (SSSR count). The summed E-state index contributed by atoms with van der Waals surface area (Å²) >= 11 is 0. The van der Waals surface area contributed by atoms with Gasteiger partial charge in [0, 0.05) is 21.9 Å². The molecular weight excluding hydrogens is 354 g/mol. The molecule has 3 aromatic carbocycles. The van der Waals surface area contributed by atoms with E-state index in [0.29, 0.717) is 0 Å². The molecule has 0 unspecified atom stereocenters. The molecule has 0 aliphatic heterocycles. The lowest BCUT2D eigenvalue weighted by Gasteiger charge is -2.07. The Kier molecular flexibility index (Phi) is 3.37. The molecule has 0 spiro atoms. The van der Waals surface area contributed by atoms with Crippen LogP contribution < -0.4 is 4.57 Å². The highest BCUT2D eigenvalue weighted by Gasteiger charge is 2.25. The molecule has 0 aliphatic carbocycles. The van der Waals surface area contributed by atoms with Gasteiger partial charge in [0.25, 0.3) is 5.82 Å². The van der Waals surface area contributed by atoms with Gasteiger partial charge in [0.05, 0.1) is 7.05 Å². The van der Waals surface area contributed by atoms with Crippen molar-refractivity contribution in [3.05, 3.63) is 103 Å². The standard InChI is InChI=1S/C26H24N3/c1-19-11-10-14-22-17-24(21-12-6-4-7-13-21)29(26(19)22)25-18-28(20(2)27(25)3)23-15-8-5-9-16-23/h4-18H,1-3H3/q+1/i2D3. The van der Waals surface area contributed by atoms with Crippen LogP contribution in [0.5, 0.6) is 0 Å². The lowest BCUT2D eigenvalue weighted by molar-refractivity contribution is -0.671. The number of nitrogens with zero attached hydrogens (tertiary/aromatic N) is 3. The third kappa shape index (κ3) is 2.78. The maximum absolute atomic E-state index is 8.25. The molecule has 0 aliphatic rings. The second-order valence-corrected chi connectivity index (χ2v) is 7.32. The molecule has 0 radical (unpaired) electrons. The average Bonchev–Trinajstić information content (AvgIpc) is 3.33. The minimum atomic E-state index is -2.28. The molecule has 3 heteroatoms. The Morgan fingerprint density at radius 2 is 1.59 bits per heavy atom. The Morgan fingerprint density at radius 1 is 0.862 bits per heavy atom. The quantitative estimate of drug-likeness (QED) is 0.365. The molecule has 0 amide bonds. The number of aryl methyl sites for hydroxylation is 1. The normalized spacial score (nSPS) is 13.2. The summed E-state index contributed by atoms with van der Waals surface area (Å²) in [4.78, 5) is 0. The molecule has 0 saturated heterocycles. The lowest BCUT2D eigenvalue weighted by Crippen LogP contribution is -2.35. The Balaban J connectivity index is 1.89. The molecule has 2 heterocycles. The summed E-state index contributed by atoms with van der Waals surface area (Å²) in [5, 5.41) is 1.12. The SMILES string of the molecule is [2H]C([2H])([2H])c1n(-c2ccccc2)cc(-n2c(-c3ccccc3)cc3cccc(C)c32)[n+]1C. The van der Waals surface area contributed by atoms with Crippen molar-refractivity contribution in [3.8, 4) is 22.8 Å². The number of aromatic nitrogens is 3. The van der Waals surface area contributed by atoms with Gasteiger partial charge in [-0.05, 0) is 30.7 Å². The number of benzene rings is 3. The number of para-hydroxylation sites is 2. The van der Waals surface area contributed by atoms with Crippen molar-refractivity contribution in [2.75, 3.05) is 0 Å². The van der Waals surface area contributed by atoms with Gasteiger partial charge in [-0.1, -0.05) is 66.7 Å². The summed E-state index contributed by atoms with van der Waals surface area (Å²) in [6.07, 6.45) is 1.93. The molecule has 0 N–H and O–H groups in total. The van der Waals surface area contributed by atoms with Crippen molar-refractivity contribution in [2.24, 2.45) is 7.05 Å². The molecule has 0 bridgehead atoms. The predicted octanol–water partition coefficient (Wildman–Crippen LogP) is 5.53. The number of imidazole rings is 1. The number of hydrogen-bond acceptors (Lipinski definition) is 0. The maximum Gasteiger partial charge on any atom is 0.265 e. The minimum Gasteiger partial charge on any atom is -0.236 e. The van der Waals surface area contributed by atoms with Gasteiger partial charge < -0.3 is 0 Å². The van der Waals surface area contributed by atoms with E-state index in [9.17, 15) is 0 Å². The zero-order valence-corrected chi connectivity index (χ0v) is 16.5. The van der Waals surface area contributed by atoms with Crippen LogP contribution in [0.4, 0.5) is 0 Å². The van der Waals surface area contributed by atoms with E-state index in [2.05, 4.69) is 47.9 Å². The van der Waals surface area contributed by atoms with Crippen LogP contribution in [0.1, 0.15) is 15.5 Å². The summed E-state index contributed by atoms with van der Waals surface area (Å²) in [6.45, 7) is -0.194. The van der Waals surface area contributed by atoms with Crippen LogP contribution in [0.15, 0.2) is 91.1 Å². The van der Waals surface area contributed by atoms with Gasteiger partial charge in [0.15, 0.2) is 0 Å². The lowest BCUT2D eigenvalue weighted by atomic mass is 10.1. The van der Waals surface area contributed by atoms with Crippen molar-refractivity contribution in [3.63, 3.8) is 0 Å². The first-order chi connectivity index (χ1) is 15.4. The van der Waals surface area contributed by atoms with Gasteiger partial charge in [0.2, 0.25) is 5.82 Å². The second kappa shape index (κ2) is 6.78.